The third-order valence-corrected chi connectivity index (χ3v) is 3.40. The Morgan fingerprint density at radius 1 is 1.11 bits per heavy atom. The quantitative estimate of drug-likeness (QED) is 0.722. The molecule has 5 nitrogen and oxygen atoms in total. The summed E-state index contributed by atoms with van der Waals surface area (Å²) in [4.78, 5) is 22.4. The average Bonchev–Trinajstić information content (AvgIpc) is 2.43. The first-order valence-electron chi connectivity index (χ1n) is 5.50. The van der Waals surface area contributed by atoms with Crippen LogP contribution in [0.25, 0.3) is 22.4 Å². The minimum Gasteiger partial charge on any atom is -0.492 e. The first kappa shape index (κ1) is 11.9. The van der Waals surface area contributed by atoms with E-state index in [-0.39, 0.29) is 16.2 Å². The van der Waals surface area contributed by atoms with E-state index in [9.17, 15) is 9.90 Å². The van der Waals surface area contributed by atoms with Gasteiger partial charge in [0.05, 0.1) is 5.52 Å². The Bertz CT molecular complexity index is 829. The van der Waals surface area contributed by atoms with Crippen LogP contribution in [0.5, 0.6) is 5.88 Å². The van der Waals surface area contributed by atoms with Crippen molar-refractivity contribution >= 4 is 26.8 Å². The van der Waals surface area contributed by atoms with Gasteiger partial charge in [0.2, 0.25) is 5.88 Å². The van der Waals surface area contributed by atoms with Crippen molar-refractivity contribution in [3.63, 3.8) is 0 Å². The number of pyridine rings is 1. The van der Waals surface area contributed by atoms with E-state index in [4.69, 9.17) is 0 Å². The zero-order valence-electron chi connectivity index (χ0n) is 9.59. The van der Waals surface area contributed by atoms with Crippen molar-refractivity contribution < 1.29 is 5.11 Å². The van der Waals surface area contributed by atoms with Crippen LogP contribution in [0.3, 0.4) is 0 Å². The van der Waals surface area contributed by atoms with Crippen LogP contribution in [0.4, 0.5) is 0 Å². The molecule has 6 heteroatoms. The Balaban J connectivity index is 2.22. The standard InChI is InChI=1S/C13H8BrN3O2/c14-10-12(18)16-11(17-13(10)19)9-6-5-7-3-1-2-4-8(7)15-9/h1-6H,(H2,16,17,18,19). The summed E-state index contributed by atoms with van der Waals surface area (Å²) in [5.74, 6) is -0.120. The smallest absolute Gasteiger partial charge is 0.269 e. The van der Waals surface area contributed by atoms with Gasteiger partial charge in [0.25, 0.3) is 5.56 Å². The minimum atomic E-state index is -0.447. The molecule has 0 aliphatic carbocycles. The Hall–Kier alpha value is -2.21. The second kappa shape index (κ2) is 4.47. The van der Waals surface area contributed by atoms with Crippen LogP contribution >= 0.6 is 15.9 Å². The van der Waals surface area contributed by atoms with Crippen molar-refractivity contribution in [1.29, 1.82) is 0 Å². The number of nitrogens with one attached hydrogen (secondary N) is 1. The van der Waals surface area contributed by atoms with Crippen LogP contribution in [-0.4, -0.2) is 20.1 Å². The number of rotatable bonds is 1. The molecular weight excluding hydrogens is 310 g/mol. The molecule has 0 fully saturated rings. The largest absolute Gasteiger partial charge is 0.492 e. The maximum Gasteiger partial charge on any atom is 0.269 e. The van der Waals surface area contributed by atoms with Gasteiger partial charge in [-0.2, -0.15) is 4.98 Å². The van der Waals surface area contributed by atoms with Gasteiger partial charge in [-0.15, -0.1) is 0 Å². The van der Waals surface area contributed by atoms with Gasteiger partial charge in [-0.05, 0) is 28.1 Å². The van der Waals surface area contributed by atoms with Gasteiger partial charge in [0.15, 0.2) is 5.82 Å². The average molecular weight is 318 g/mol. The maximum absolute atomic E-state index is 11.6. The molecule has 0 bridgehead atoms. The van der Waals surface area contributed by atoms with Crippen LogP contribution in [0, 0.1) is 0 Å². The summed E-state index contributed by atoms with van der Waals surface area (Å²) in [7, 11) is 0. The highest BCUT2D eigenvalue weighted by molar-refractivity contribution is 9.10. The summed E-state index contributed by atoms with van der Waals surface area (Å²) in [6, 6.07) is 11.3. The molecule has 3 aromatic rings. The Morgan fingerprint density at radius 2 is 1.89 bits per heavy atom. The molecule has 0 spiro atoms. The Kier molecular flexibility index (Phi) is 2.79. The number of nitrogens with zero attached hydrogens (tertiary/aromatic N) is 2. The lowest BCUT2D eigenvalue weighted by molar-refractivity contribution is 0.448. The number of hydrogen-bond acceptors (Lipinski definition) is 4. The summed E-state index contributed by atoms with van der Waals surface area (Å²) in [5.41, 5.74) is 0.848. The van der Waals surface area contributed by atoms with E-state index >= 15 is 0 Å². The first-order chi connectivity index (χ1) is 9.15. The predicted octanol–water partition coefficient (Wildman–Crippen LogP) is 2.45. The van der Waals surface area contributed by atoms with E-state index in [0.29, 0.717) is 5.69 Å². The van der Waals surface area contributed by atoms with Crippen LogP contribution in [0.2, 0.25) is 0 Å². The van der Waals surface area contributed by atoms with Crippen molar-refractivity contribution in [1.82, 2.24) is 15.0 Å². The van der Waals surface area contributed by atoms with E-state index in [1.54, 1.807) is 6.07 Å². The lowest BCUT2D eigenvalue weighted by Gasteiger charge is -2.03. The third-order valence-electron chi connectivity index (χ3n) is 2.69. The topological polar surface area (TPSA) is 78.9 Å². The predicted molar refractivity (Wildman–Crippen MR) is 75.0 cm³/mol. The van der Waals surface area contributed by atoms with Gasteiger partial charge >= 0.3 is 0 Å². The van der Waals surface area contributed by atoms with Crippen molar-refractivity contribution in [3.05, 3.63) is 51.2 Å². The Morgan fingerprint density at radius 3 is 2.68 bits per heavy atom. The van der Waals surface area contributed by atoms with Crippen molar-refractivity contribution in [3.8, 4) is 17.4 Å². The molecule has 0 aliphatic heterocycles. The number of para-hydroxylation sites is 1. The highest BCUT2D eigenvalue weighted by Gasteiger charge is 2.10. The lowest BCUT2D eigenvalue weighted by Crippen LogP contribution is -2.10. The Labute approximate surface area is 116 Å². The molecule has 0 atom stereocenters. The summed E-state index contributed by atoms with van der Waals surface area (Å²) >= 11 is 2.95. The number of halogens is 1. The summed E-state index contributed by atoms with van der Waals surface area (Å²) in [6.45, 7) is 0. The first-order valence-corrected chi connectivity index (χ1v) is 6.29. The SMILES string of the molecule is O=c1[nH]c(-c2ccc3ccccc3n2)nc(O)c1Br. The molecule has 2 N–H and O–H groups in total. The lowest BCUT2D eigenvalue weighted by atomic mass is 10.2. The van der Waals surface area contributed by atoms with Gasteiger partial charge in [-0.25, -0.2) is 4.98 Å². The summed E-state index contributed by atoms with van der Waals surface area (Å²) < 4.78 is 0.0111. The zero-order chi connectivity index (χ0) is 13.4. The van der Waals surface area contributed by atoms with Crippen molar-refractivity contribution in [2.45, 2.75) is 0 Å². The van der Waals surface area contributed by atoms with Gasteiger partial charge in [0.1, 0.15) is 10.2 Å². The van der Waals surface area contributed by atoms with Gasteiger partial charge in [-0.1, -0.05) is 24.3 Å². The van der Waals surface area contributed by atoms with Crippen molar-refractivity contribution in [2.75, 3.05) is 0 Å². The maximum atomic E-state index is 11.6. The fraction of sp³-hybridized carbons (Fsp3) is 0. The molecule has 0 saturated heterocycles. The number of hydrogen-bond donors (Lipinski definition) is 2. The number of aromatic nitrogens is 3. The highest BCUT2D eigenvalue weighted by atomic mass is 79.9. The van der Waals surface area contributed by atoms with E-state index in [1.807, 2.05) is 30.3 Å². The number of H-pyrrole nitrogens is 1. The minimum absolute atomic E-state index is 0.0111. The molecular formula is C13H8BrN3O2. The highest BCUT2D eigenvalue weighted by Crippen LogP contribution is 2.21. The van der Waals surface area contributed by atoms with E-state index in [0.717, 1.165) is 10.9 Å². The fourth-order valence-corrected chi connectivity index (χ4v) is 1.95. The second-order valence-corrected chi connectivity index (χ2v) is 4.73. The van der Waals surface area contributed by atoms with Crippen LogP contribution in [0.1, 0.15) is 0 Å². The van der Waals surface area contributed by atoms with Crippen molar-refractivity contribution in [2.24, 2.45) is 0 Å². The van der Waals surface area contributed by atoms with E-state index < -0.39 is 5.56 Å². The molecule has 19 heavy (non-hydrogen) atoms. The molecule has 2 heterocycles. The zero-order valence-corrected chi connectivity index (χ0v) is 11.2. The van der Waals surface area contributed by atoms with Gasteiger partial charge in [0, 0.05) is 5.39 Å². The number of aromatic amines is 1. The number of fused-ring (bicyclic) bond motifs is 1. The van der Waals surface area contributed by atoms with E-state index in [2.05, 4.69) is 30.9 Å². The molecule has 0 radical (unpaired) electrons. The summed E-state index contributed by atoms with van der Waals surface area (Å²) in [5, 5.41) is 10.5. The van der Waals surface area contributed by atoms with Crippen LogP contribution < -0.4 is 5.56 Å². The molecule has 1 aromatic carbocycles. The van der Waals surface area contributed by atoms with Gasteiger partial charge < -0.3 is 10.1 Å². The number of benzene rings is 1. The second-order valence-electron chi connectivity index (χ2n) is 3.94. The van der Waals surface area contributed by atoms with Crippen LogP contribution in [0.15, 0.2) is 45.7 Å². The summed E-state index contributed by atoms with van der Waals surface area (Å²) in [6.07, 6.45) is 0. The number of aromatic hydroxyl groups is 1. The van der Waals surface area contributed by atoms with Gasteiger partial charge in [-0.3, -0.25) is 4.79 Å². The molecule has 94 valence electrons. The third kappa shape index (κ3) is 2.10. The molecule has 0 unspecified atom stereocenters. The molecule has 2 aromatic heterocycles. The molecule has 3 rings (SSSR count). The molecule has 0 saturated carbocycles. The molecule has 0 amide bonds. The normalized spacial score (nSPS) is 10.8. The fourth-order valence-electron chi connectivity index (χ4n) is 1.77. The monoisotopic (exact) mass is 317 g/mol. The van der Waals surface area contributed by atoms with Crippen LogP contribution in [-0.2, 0) is 0 Å². The van der Waals surface area contributed by atoms with E-state index in [1.165, 1.54) is 0 Å². The molecule has 0 aliphatic rings.